The summed E-state index contributed by atoms with van der Waals surface area (Å²) in [7, 11) is -3.13. The zero-order chi connectivity index (χ0) is 16.6. The summed E-state index contributed by atoms with van der Waals surface area (Å²) in [5.41, 5.74) is 2.88. The van der Waals surface area contributed by atoms with Crippen molar-refractivity contribution in [1.82, 2.24) is 14.3 Å². The van der Waals surface area contributed by atoms with Gasteiger partial charge in [-0.3, -0.25) is 0 Å². The van der Waals surface area contributed by atoms with Crippen LogP contribution in [-0.4, -0.2) is 55.1 Å². The number of anilines is 1. The van der Waals surface area contributed by atoms with Crippen LogP contribution in [-0.2, 0) is 10.0 Å². The molecule has 124 valence electrons. The van der Waals surface area contributed by atoms with Gasteiger partial charge in [0.2, 0.25) is 10.0 Å². The molecule has 0 spiro atoms. The monoisotopic (exact) mass is 334 g/mol. The molecule has 0 N–H and O–H groups in total. The van der Waals surface area contributed by atoms with Crippen molar-refractivity contribution in [2.75, 3.05) is 37.3 Å². The van der Waals surface area contributed by atoms with Crippen LogP contribution in [0.3, 0.4) is 0 Å². The van der Waals surface area contributed by atoms with Gasteiger partial charge >= 0.3 is 0 Å². The van der Waals surface area contributed by atoms with Gasteiger partial charge in [0.25, 0.3) is 0 Å². The minimum absolute atomic E-state index is 0.499. The van der Waals surface area contributed by atoms with E-state index in [9.17, 15) is 8.42 Å². The van der Waals surface area contributed by atoms with Gasteiger partial charge in [-0.2, -0.15) is 0 Å². The highest BCUT2D eigenvalue weighted by molar-refractivity contribution is 7.88. The molecule has 2 aromatic heterocycles. The van der Waals surface area contributed by atoms with E-state index in [1.54, 1.807) is 4.31 Å². The van der Waals surface area contributed by atoms with Crippen molar-refractivity contribution < 1.29 is 8.42 Å². The Labute approximate surface area is 137 Å². The van der Waals surface area contributed by atoms with Crippen molar-refractivity contribution in [2.45, 2.75) is 20.3 Å². The van der Waals surface area contributed by atoms with Crippen LogP contribution in [0.25, 0.3) is 11.0 Å². The Morgan fingerprint density at radius 2 is 1.83 bits per heavy atom. The van der Waals surface area contributed by atoms with Gasteiger partial charge in [0.15, 0.2) is 5.65 Å². The van der Waals surface area contributed by atoms with E-state index in [2.05, 4.69) is 28.9 Å². The van der Waals surface area contributed by atoms with E-state index in [-0.39, 0.29) is 0 Å². The Hall–Kier alpha value is -1.73. The van der Waals surface area contributed by atoms with E-state index in [1.165, 1.54) is 11.8 Å². The molecule has 2 aromatic rings. The number of sulfonamides is 1. The van der Waals surface area contributed by atoms with Crippen molar-refractivity contribution in [3.63, 3.8) is 0 Å². The average Bonchev–Trinajstić information content (AvgIpc) is 2.72. The number of fused-ring (bicyclic) bond motifs is 1. The zero-order valence-electron chi connectivity index (χ0n) is 13.8. The van der Waals surface area contributed by atoms with Crippen LogP contribution in [0.15, 0.2) is 18.2 Å². The second-order valence-electron chi connectivity index (χ2n) is 6.12. The average molecular weight is 334 g/mol. The molecule has 0 radical (unpaired) electrons. The van der Waals surface area contributed by atoms with Gasteiger partial charge in [-0.1, -0.05) is 0 Å². The van der Waals surface area contributed by atoms with Crippen molar-refractivity contribution in [1.29, 1.82) is 0 Å². The van der Waals surface area contributed by atoms with Crippen LogP contribution in [0.1, 0.15) is 17.7 Å². The molecular weight excluding hydrogens is 312 g/mol. The van der Waals surface area contributed by atoms with Gasteiger partial charge < -0.3 is 4.90 Å². The number of nitrogens with zero attached hydrogens (tertiary/aromatic N) is 4. The summed E-state index contributed by atoms with van der Waals surface area (Å²) in [6, 6.07) is 6.11. The number of rotatable bonds is 2. The summed E-state index contributed by atoms with van der Waals surface area (Å²) in [5, 5.41) is 1.06. The van der Waals surface area contributed by atoms with Gasteiger partial charge in [0.1, 0.15) is 5.82 Å². The first-order chi connectivity index (χ1) is 10.8. The van der Waals surface area contributed by atoms with E-state index >= 15 is 0 Å². The predicted octanol–water partition coefficient (Wildman–Crippen LogP) is 1.72. The lowest BCUT2D eigenvalue weighted by Crippen LogP contribution is -2.34. The lowest BCUT2D eigenvalue weighted by Gasteiger charge is -2.22. The molecule has 23 heavy (non-hydrogen) atoms. The standard InChI is InChI=1S/C16H22N4O2S/c1-12-11-13(2)17-16-14(12)5-6-15(18-16)19-7-4-8-20(10-9-19)23(3,21)22/h5-6,11H,4,7-10H2,1-3H3. The normalized spacial score (nSPS) is 17.4. The van der Waals surface area contributed by atoms with Gasteiger partial charge in [0.05, 0.1) is 6.26 Å². The molecule has 3 heterocycles. The van der Waals surface area contributed by atoms with Crippen LogP contribution in [0, 0.1) is 13.8 Å². The van der Waals surface area contributed by atoms with Crippen molar-refractivity contribution in [3.8, 4) is 0 Å². The summed E-state index contributed by atoms with van der Waals surface area (Å²) in [6.07, 6.45) is 2.07. The Morgan fingerprint density at radius 1 is 1.04 bits per heavy atom. The molecule has 0 aromatic carbocycles. The molecule has 0 saturated carbocycles. The summed E-state index contributed by atoms with van der Waals surface area (Å²) >= 11 is 0. The lowest BCUT2D eigenvalue weighted by atomic mass is 10.1. The quantitative estimate of drug-likeness (QED) is 0.836. The molecule has 6 nitrogen and oxygen atoms in total. The zero-order valence-corrected chi connectivity index (χ0v) is 14.6. The number of aryl methyl sites for hydroxylation is 2. The van der Waals surface area contributed by atoms with Gasteiger partial charge in [-0.25, -0.2) is 22.7 Å². The van der Waals surface area contributed by atoms with E-state index < -0.39 is 10.0 Å². The van der Waals surface area contributed by atoms with Crippen LogP contribution < -0.4 is 4.90 Å². The molecule has 3 rings (SSSR count). The lowest BCUT2D eigenvalue weighted by molar-refractivity contribution is 0.437. The second-order valence-corrected chi connectivity index (χ2v) is 8.11. The molecule has 1 aliphatic rings. The Bertz CT molecular complexity index is 835. The Kier molecular flexibility index (Phi) is 4.25. The van der Waals surface area contributed by atoms with E-state index in [4.69, 9.17) is 4.98 Å². The van der Waals surface area contributed by atoms with Crippen molar-refractivity contribution >= 4 is 26.9 Å². The SMILES string of the molecule is Cc1cc(C)c2ccc(N3CCCN(S(C)(=O)=O)CC3)nc2n1. The highest BCUT2D eigenvalue weighted by Gasteiger charge is 2.22. The highest BCUT2D eigenvalue weighted by atomic mass is 32.2. The van der Waals surface area contributed by atoms with E-state index in [0.717, 1.165) is 35.5 Å². The molecule has 1 fully saturated rings. The number of pyridine rings is 2. The first-order valence-corrected chi connectivity index (χ1v) is 9.64. The fourth-order valence-corrected chi connectivity index (χ4v) is 3.93. The molecule has 0 unspecified atom stereocenters. The van der Waals surface area contributed by atoms with E-state index in [1.807, 2.05) is 13.0 Å². The summed E-state index contributed by atoms with van der Waals surface area (Å²) < 4.78 is 25.0. The maximum Gasteiger partial charge on any atom is 0.211 e. The first-order valence-electron chi connectivity index (χ1n) is 7.80. The first kappa shape index (κ1) is 16.1. The number of aromatic nitrogens is 2. The molecule has 7 heteroatoms. The molecule has 1 saturated heterocycles. The third kappa shape index (κ3) is 3.45. The molecule has 1 aliphatic heterocycles. The van der Waals surface area contributed by atoms with Crippen LogP contribution in [0.2, 0.25) is 0 Å². The summed E-state index contributed by atoms with van der Waals surface area (Å²) in [5.74, 6) is 0.866. The summed E-state index contributed by atoms with van der Waals surface area (Å²) in [4.78, 5) is 11.4. The molecular formula is C16H22N4O2S. The minimum atomic E-state index is -3.13. The Morgan fingerprint density at radius 3 is 2.57 bits per heavy atom. The summed E-state index contributed by atoms with van der Waals surface area (Å²) in [6.45, 7) is 6.55. The van der Waals surface area contributed by atoms with Crippen LogP contribution in [0.5, 0.6) is 0 Å². The molecule has 0 amide bonds. The van der Waals surface area contributed by atoms with Gasteiger partial charge in [-0.05, 0) is 44.0 Å². The van der Waals surface area contributed by atoms with Crippen molar-refractivity contribution in [3.05, 3.63) is 29.5 Å². The fourth-order valence-electron chi connectivity index (χ4n) is 3.05. The maximum absolute atomic E-state index is 11.7. The smallest absolute Gasteiger partial charge is 0.211 e. The maximum atomic E-state index is 11.7. The van der Waals surface area contributed by atoms with E-state index in [0.29, 0.717) is 19.6 Å². The molecule has 0 bridgehead atoms. The van der Waals surface area contributed by atoms with Crippen LogP contribution >= 0.6 is 0 Å². The largest absolute Gasteiger partial charge is 0.355 e. The van der Waals surface area contributed by atoms with Crippen LogP contribution in [0.4, 0.5) is 5.82 Å². The number of hydrogen-bond acceptors (Lipinski definition) is 5. The van der Waals surface area contributed by atoms with Gasteiger partial charge in [0, 0.05) is 37.3 Å². The number of hydrogen-bond donors (Lipinski definition) is 0. The molecule has 0 atom stereocenters. The topological polar surface area (TPSA) is 66.4 Å². The second kappa shape index (κ2) is 6.05. The van der Waals surface area contributed by atoms with Gasteiger partial charge in [-0.15, -0.1) is 0 Å². The minimum Gasteiger partial charge on any atom is -0.355 e. The third-order valence-electron chi connectivity index (χ3n) is 4.24. The third-order valence-corrected chi connectivity index (χ3v) is 5.54. The molecule has 0 aliphatic carbocycles. The predicted molar refractivity (Wildman–Crippen MR) is 92.3 cm³/mol. The highest BCUT2D eigenvalue weighted by Crippen LogP contribution is 2.21. The Balaban J connectivity index is 1.88. The van der Waals surface area contributed by atoms with Crippen molar-refractivity contribution in [2.24, 2.45) is 0 Å². The fraction of sp³-hybridized carbons (Fsp3) is 0.500.